The maximum Gasteiger partial charge on any atom is 0.408 e. The molecule has 0 bridgehead atoms. The highest BCUT2D eigenvalue weighted by Crippen LogP contribution is 2.26. The summed E-state index contributed by atoms with van der Waals surface area (Å²) >= 11 is 0. The van der Waals surface area contributed by atoms with Crippen molar-refractivity contribution < 1.29 is 29.0 Å². The summed E-state index contributed by atoms with van der Waals surface area (Å²) in [4.78, 5) is 35.8. The number of nitrogens with one attached hydrogen (secondary N) is 1. The van der Waals surface area contributed by atoms with Crippen molar-refractivity contribution in [2.24, 2.45) is 5.41 Å². The van der Waals surface area contributed by atoms with Crippen LogP contribution in [-0.2, 0) is 0 Å². The van der Waals surface area contributed by atoms with Gasteiger partial charge in [0.25, 0.3) is 0 Å². The van der Waals surface area contributed by atoms with Crippen LogP contribution in [0.15, 0.2) is 57.4 Å². The predicted molar refractivity (Wildman–Crippen MR) is 134 cm³/mol. The van der Waals surface area contributed by atoms with Crippen LogP contribution in [0.25, 0.3) is 6.08 Å². The van der Waals surface area contributed by atoms with Gasteiger partial charge in [0.1, 0.15) is 22.8 Å². The van der Waals surface area contributed by atoms with Crippen LogP contribution in [0, 0.1) is 5.41 Å². The van der Waals surface area contributed by atoms with E-state index in [4.69, 9.17) is 14.3 Å². The lowest BCUT2D eigenvalue weighted by atomic mass is 9.98. The summed E-state index contributed by atoms with van der Waals surface area (Å²) in [6, 6.07) is 8.52. The molecular weight excluding hydrogens is 450 g/mol. The lowest BCUT2D eigenvalue weighted by Crippen LogP contribution is -2.17. The second-order valence-corrected chi connectivity index (χ2v) is 9.60. The van der Waals surface area contributed by atoms with Crippen LogP contribution in [0.3, 0.4) is 0 Å². The van der Waals surface area contributed by atoms with Crippen molar-refractivity contribution in [3.05, 3.63) is 75.5 Å². The molecule has 0 aliphatic carbocycles. The molecule has 0 spiro atoms. The second-order valence-electron chi connectivity index (χ2n) is 9.60. The second kappa shape index (κ2) is 12.1. The fourth-order valence-corrected chi connectivity index (χ4v) is 3.13. The van der Waals surface area contributed by atoms with E-state index in [0.29, 0.717) is 19.4 Å². The van der Waals surface area contributed by atoms with Crippen LogP contribution in [0.4, 0.5) is 4.79 Å². The maximum absolute atomic E-state index is 12.9. The fourth-order valence-electron chi connectivity index (χ4n) is 3.13. The lowest BCUT2D eigenvalue weighted by Gasteiger charge is -2.18. The van der Waals surface area contributed by atoms with Gasteiger partial charge in [-0.05, 0) is 54.5 Å². The van der Waals surface area contributed by atoms with E-state index in [0.717, 1.165) is 11.3 Å². The molecule has 8 nitrogen and oxygen atoms in total. The molecule has 0 saturated heterocycles. The van der Waals surface area contributed by atoms with Gasteiger partial charge in [0.15, 0.2) is 5.78 Å². The number of allylic oxidation sites excluding steroid dienone is 2. The SMILES string of the molecule is C/C(=C\c1ccc(OCC(C)(C)C)cc1)C(=O)c1c(O)cc(C(C)CCC=CNC(=O)O)oc1=O. The summed E-state index contributed by atoms with van der Waals surface area (Å²) in [6.45, 7) is 10.2. The summed E-state index contributed by atoms with van der Waals surface area (Å²) < 4.78 is 11.1. The van der Waals surface area contributed by atoms with Gasteiger partial charge in [0, 0.05) is 18.2 Å². The molecule has 1 amide bonds. The smallest absolute Gasteiger partial charge is 0.408 e. The molecule has 1 heterocycles. The normalized spacial score (nSPS) is 13.0. The van der Waals surface area contributed by atoms with E-state index < -0.39 is 28.8 Å². The number of ether oxygens (including phenoxy) is 1. The highest BCUT2D eigenvalue weighted by Gasteiger charge is 2.22. The molecule has 1 unspecified atom stereocenters. The summed E-state index contributed by atoms with van der Waals surface area (Å²) in [7, 11) is 0. The van der Waals surface area contributed by atoms with Gasteiger partial charge in [-0.15, -0.1) is 0 Å². The molecule has 3 N–H and O–H groups in total. The van der Waals surface area contributed by atoms with Crippen LogP contribution in [-0.4, -0.2) is 28.7 Å². The Morgan fingerprint density at radius 3 is 2.43 bits per heavy atom. The molecule has 0 aliphatic heterocycles. The molecule has 8 heteroatoms. The zero-order valence-corrected chi connectivity index (χ0v) is 20.8. The first-order valence-electron chi connectivity index (χ1n) is 11.3. The third kappa shape index (κ3) is 8.81. The molecule has 0 fully saturated rings. The number of carbonyl (C=O) groups is 2. The van der Waals surface area contributed by atoms with Crippen LogP contribution in [0.5, 0.6) is 11.5 Å². The van der Waals surface area contributed by atoms with Crippen molar-refractivity contribution in [1.82, 2.24) is 5.32 Å². The van der Waals surface area contributed by atoms with Crippen molar-refractivity contribution in [2.75, 3.05) is 6.61 Å². The summed E-state index contributed by atoms with van der Waals surface area (Å²) in [5.41, 5.74) is -0.260. The number of aromatic hydroxyl groups is 1. The highest BCUT2D eigenvalue weighted by atomic mass is 16.5. The zero-order valence-electron chi connectivity index (χ0n) is 20.8. The largest absolute Gasteiger partial charge is 0.507 e. The first-order chi connectivity index (χ1) is 16.4. The fraction of sp³-hybridized carbons (Fsp3) is 0.370. The van der Waals surface area contributed by atoms with Gasteiger partial charge < -0.3 is 19.4 Å². The Labute approximate surface area is 204 Å². The average Bonchev–Trinajstić information content (AvgIpc) is 2.76. The minimum Gasteiger partial charge on any atom is -0.507 e. The molecule has 1 atom stereocenters. The van der Waals surface area contributed by atoms with Gasteiger partial charge >= 0.3 is 11.7 Å². The first kappa shape index (κ1) is 27.4. The molecule has 0 radical (unpaired) electrons. The Bertz CT molecular complexity index is 1150. The predicted octanol–water partition coefficient (Wildman–Crippen LogP) is 5.72. The minimum atomic E-state index is -1.16. The van der Waals surface area contributed by atoms with Crippen LogP contribution in [0.2, 0.25) is 0 Å². The van der Waals surface area contributed by atoms with Crippen LogP contribution >= 0.6 is 0 Å². The molecule has 35 heavy (non-hydrogen) atoms. The van der Waals surface area contributed by atoms with E-state index in [2.05, 4.69) is 26.1 Å². The molecule has 1 aromatic carbocycles. The van der Waals surface area contributed by atoms with Crippen molar-refractivity contribution in [3.8, 4) is 11.5 Å². The Morgan fingerprint density at radius 2 is 1.86 bits per heavy atom. The van der Waals surface area contributed by atoms with E-state index in [1.165, 1.54) is 12.3 Å². The average molecular weight is 484 g/mol. The molecule has 0 saturated carbocycles. The third-order valence-electron chi connectivity index (χ3n) is 5.05. The summed E-state index contributed by atoms with van der Waals surface area (Å²) in [5.74, 6) is -0.322. The Balaban J connectivity index is 2.11. The topological polar surface area (TPSA) is 126 Å². The highest BCUT2D eigenvalue weighted by molar-refractivity contribution is 6.12. The molecule has 188 valence electrons. The number of rotatable bonds is 10. The van der Waals surface area contributed by atoms with Gasteiger partial charge in [0.05, 0.1) is 6.61 Å². The standard InChI is InChI=1S/C27H33NO7/c1-17(8-6-7-13-28-26(32)33)22-15-21(29)23(25(31)35-22)24(30)18(2)14-19-9-11-20(12-10-19)34-16-27(3,4)5/h7,9-15,17,28-29H,6,8,16H2,1-5H3,(H,32,33)/b13-7?,18-14+. The number of hydrogen-bond acceptors (Lipinski definition) is 6. The van der Waals surface area contributed by atoms with E-state index in [1.807, 2.05) is 24.3 Å². The monoisotopic (exact) mass is 483 g/mol. The molecule has 0 aliphatic rings. The van der Waals surface area contributed by atoms with Gasteiger partial charge in [-0.25, -0.2) is 9.59 Å². The number of hydrogen-bond donors (Lipinski definition) is 3. The number of ketones is 1. The third-order valence-corrected chi connectivity index (χ3v) is 5.05. The van der Waals surface area contributed by atoms with E-state index in [9.17, 15) is 19.5 Å². The van der Waals surface area contributed by atoms with E-state index in [-0.39, 0.29) is 22.7 Å². The number of carboxylic acid groups (broad SMARTS) is 1. The molecule has 2 rings (SSSR count). The summed E-state index contributed by atoms with van der Waals surface area (Å²) in [5, 5.41) is 21.1. The Kier molecular flexibility index (Phi) is 9.45. The first-order valence-corrected chi connectivity index (χ1v) is 11.3. The van der Waals surface area contributed by atoms with E-state index >= 15 is 0 Å². The molecule has 1 aromatic heterocycles. The Morgan fingerprint density at radius 1 is 1.20 bits per heavy atom. The van der Waals surface area contributed by atoms with Crippen molar-refractivity contribution in [1.29, 1.82) is 0 Å². The quantitative estimate of drug-likeness (QED) is 0.291. The maximum atomic E-state index is 12.9. The van der Waals surface area contributed by atoms with Crippen molar-refractivity contribution in [2.45, 2.75) is 53.4 Å². The van der Waals surface area contributed by atoms with Crippen molar-refractivity contribution in [3.63, 3.8) is 0 Å². The van der Waals surface area contributed by atoms with Gasteiger partial charge in [0.2, 0.25) is 0 Å². The number of Topliss-reactive ketones (excluding diaryl/α,β-unsaturated/α-hetero) is 1. The van der Waals surface area contributed by atoms with Crippen molar-refractivity contribution >= 4 is 18.0 Å². The molecule has 2 aromatic rings. The van der Waals surface area contributed by atoms with Gasteiger partial charge in [-0.2, -0.15) is 0 Å². The number of benzene rings is 1. The van der Waals surface area contributed by atoms with Gasteiger partial charge in [-0.3, -0.25) is 10.1 Å². The zero-order chi connectivity index (χ0) is 26.2. The lowest BCUT2D eigenvalue weighted by molar-refractivity contribution is 0.102. The number of amides is 1. The van der Waals surface area contributed by atoms with Gasteiger partial charge in [-0.1, -0.05) is 45.9 Å². The molecular formula is C27H33NO7. The van der Waals surface area contributed by atoms with E-state index in [1.54, 1.807) is 26.0 Å². The van der Waals surface area contributed by atoms with Crippen LogP contribution < -0.4 is 15.7 Å². The number of carbonyl (C=O) groups excluding carboxylic acids is 1. The summed E-state index contributed by atoms with van der Waals surface area (Å²) in [6.07, 6.45) is 4.49. The van der Waals surface area contributed by atoms with Crippen LogP contribution in [0.1, 0.15) is 75.1 Å². The Hall–Kier alpha value is -3.81. The minimum absolute atomic E-state index is 0.0362.